The van der Waals surface area contributed by atoms with Gasteiger partial charge in [0.1, 0.15) is 0 Å². The minimum Gasteiger partial charge on any atom is -0.350 e. The first-order valence-electron chi connectivity index (χ1n) is 7.76. The van der Waals surface area contributed by atoms with Crippen LogP contribution in [-0.2, 0) is 19.4 Å². The Balaban J connectivity index is 1.71. The van der Waals surface area contributed by atoms with Gasteiger partial charge in [-0.15, -0.1) is 0 Å². The lowest BCUT2D eigenvalue weighted by Crippen LogP contribution is -2.17. The fourth-order valence-electron chi connectivity index (χ4n) is 3.17. The third-order valence-electron chi connectivity index (χ3n) is 4.31. The molecule has 0 amide bonds. The van der Waals surface area contributed by atoms with E-state index in [9.17, 15) is 0 Å². The average molecular weight is 268 g/mol. The molecule has 1 atom stereocenters. The maximum atomic E-state index is 3.46. The zero-order valence-corrected chi connectivity index (χ0v) is 12.5. The molecule has 1 aromatic carbocycles. The minimum absolute atomic E-state index is 0.432. The summed E-state index contributed by atoms with van der Waals surface area (Å²) < 4.78 is 2.29. The third-order valence-corrected chi connectivity index (χ3v) is 4.31. The molecule has 0 saturated heterocycles. The van der Waals surface area contributed by atoms with Gasteiger partial charge in [-0.05, 0) is 61.1 Å². The second-order valence-corrected chi connectivity index (χ2v) is 5.85. The maximum absolute atomic E-state index is 3.46. The van der Waals surface area contributed by atoms with Crippen LogP contribution in [0.15, 0.2) is 36.7 Å². The van der Waals surface area contributed by atoms with Crippen LogP contribution in [0, 0.1) is 0 Å². The summed E-state index contributed by atoms with van der Waals surface area (Å²) in [6.07, 6.45) is 8.31. The van der Waals surface area contributed by atoms with Crippen LogP contribution in [-0.4, -0.2) is 11.1 Å². The molecule has 2 heteroatoms. The third kappa shape index (κ3) is 2.80. The van der Waals surface area contributed by atoms with Crippen LogP contribution in [0.25, 0.3) is 0 Å². The van der Waals surface area contributed by atoms with Crippen molar-refractivity contribution in [3.63, 3.8) is 0 Å². The molecule has 0 aliphatic heterocycles. The highest BCUT2D eigenvalue weighted by Gasteiger charge is 2.11. The summed E-state index contributed by atoms with van der Waals surface area (Å²) in [5.74, 6) is 0. The second-order valence-electron chi connectivity index (χ2n) is 5.85. The number of aromatic nitrogens is 1. The van der Waals surface area contributed by atoms with E-state index in [1.165, 1.54) is 30.4 Å². The van der Waals surface area contributed by atoms with E-state index in [0.29, 0.717) is 6.04 Å². The summed E-state index contributed by atoms with van der Waals surface area (Å²) in [5, 5.41) is 3.46. The molecule has 0 fully saturated rings. The Morgan fingerprint density at radius 1 is 1.20 bits per heavy atom. The molecule has 0 saturated carbocycles. The van der Waals surface area contributed by atoms with Crippen LogP contribution in [0.4, 0.5) is 0 Å². The highest BCUT2D eigenvalue weighted by atomic mass is 15.0. The van der Waals surface area contributed by atoms with Crippen molar-refractivity contribution in [3.8, 4) is 0 Å². The van der Waals surface area contributed by atoms with Crippen molar-refractivity contribution in [2.45, 2.75) is 45.7 Å². The van der Waals surface area contributed by atoms with Crippen LogP contribution in [0.3, 0.4) is 0 Å². The van der Waals surface area contributed by atoms with Crippen molar-refractivity contribution in [2.24, 2.45) is 0 Å². The molecule has 1 aromatic heterocycles. The van der Waals surface area contributed by atoms with Crippen molar-refractivity contribution in [1.82, 2.24) is 9.88 Å². The molecule has 2 nitrogen and oxygen atoms in total. The Morgan fingerprint density at radius 3 is 2.90 bits per heavy atom. The van der Waals surface area contributed by atoms with E-state index in [1.807, 2.05) is 0 Å². The molecule has 106 valence electrons. The summed E-state index contributed by atoms with van der Waals surface area (Å²) in [7, 11) is 0. The first-order valence-corrected chi connectivity index (χ1v) is 7.76. The van der Waals surface area contributed by atoms with Crippen molar-refractivity contribution < 1.29 is 0 Å². The van der Waals surface area contributed by atoms with Crippen molar-refractivity contribution in [2.75, 3.05) is 6.54 Å². The van der Waals surface area contributed by atoms with Crippen molar-refractivity contribution >= 4 is 0 Å². The van der Waals surface area contributed by atoms with Crippen LogP contribution in [0.5, 0.6) is 0 Å². The minimum atomic E-state index is 0.432. The van der Waals surface area contributed by atoms with Gasteiger partial charge in [0, 0.05) is 25.0 Å². The first kappa shape index (κ1) is 13.4. The Kier molecular flexibility index (Phi) is 3.93. The molecule has 0 spiro atoms. The van der Waals surface area contributed by atoms with E-state index in [1.54, 1.807) is 11.1 Å². The number of hydrogen-bond donors (Lipinski definition) is 1. The summed E-state index contributed by atoms with van der Waals surface area (Å²) in [6, 6.07) is 9.67. The topological polar surface area (TPSA) is 17.0 Å². The predicted molar refractivity (Wildman–Crippen MR) is 84.1 cm³/mol. The molecule has 0 radical (unpaired) electrons. The molecule has 1 aliphatic carbocycles. The van der Waals surface area contributed by atoms with Gasteiger partial charge in [0.2, 0.25) is 0 Å². The molecule has 3 rings (SSSR count). The number of nitrogens with zero attached hydrogens (tertiary/aromatic N) is 1. The lowest BCUT2D eigenvalue weighted by atomic mass is 10.1. The summed E-state index contributed by atoms with van der Waals surface area (Å²) in [4.78, 5) is 0. The van der Waals surface area contributed by atoms with Crippen molar-refractivity contribution in [3.05, 3.63) is 58.9 Å². The normalized spacial score (nSPS) is 15.3. The molecule has 2 aromatic rings. The second kappa shape index (κ2) is 5.84. The highest BCUT2D eigenvalue weighted by molar-refractivity contribution is 5.35. The van der Waals surface area contributed by atoms with E-state index in [-0.39, 0.29) is 0 Å². The van der Waals surface area contributed by atoms with Gasteiger partial charge in [0.25, 0.3) is 0 Å². The number of aryl methyl sites for hydroxylation is 2. The van der Waals surface area contributed by atoms with Crippen LogP contribution >= 0.6 is 0 Å². The van der Waals surface area contributed by atoms with E-state index in [2.05, 4.69) is 60.4 Å². The fraction of sp³-hybridized carbons (Fsp3) is 0.444. The highest BCUT2D eigenvalue weighted by Crippen LogP contribution is 2.23. The van der Waals surface area contributed by atoms with Crippen LogP contribution < -0.4 is 5.32 Å². The van der Waals surface area contributed by atoms with Crippen molar-refractivity contribution in [1.29, 1.82) is 0 Å². The number of hydrogen-bond acceptors (Lipinski definition) is 1. The molecular weight excluding hydrogens is 244 g/mol. The lowest BCUT2D eigenvalue weighted by molar-refractivity contribution is 0.596. The molecular formula is C18H24N2. The summed E-state index contributed by atoms with van der Waals surface area (Å²) in [6.45, 7) is 6.36. The first-order chi connectivity index (χ1) is 9.76. The number of rotatable bonds is 5. The van der Waals surface area contributed by atoms with E-state index in [0.717, 1.165) is 13.1 Å². The van der Waals surface area contributed by atoms with Gasteiger partial charge >= 0.3 is 0 Å². The van der Waals surface area contributed by atoms with Gasteiger partial charge in [0.15, 0.2) is 0 Å². The zero-order chi connectivity index (χ0) is 13.9. The molecule has 1 unspecified atom stereocenters. The monoisotopic (exact) mass is 268 g/mol. The Hall–Kier alpha value is -1.54. The Bertz CT molecular complexity index is 583. The Morgan fingerprint density at radius 2 is 2.05 bits per heavy atom. The van der Waals surface area contributed by atoms with Gasteiger partial charge in [-0.3, -0.25) is 0 Å². The number of benzene rings is 1. The number of nitrogens with one attached hydrogen (secondary N) is 1. The van der Waals surface area contributed by atoms with Gasteiger partial charge in [-0.2, -0.15) is 0 Å². The molecule has 0 bridgehead atoms. The van der Waals surface area contributed by atoms with Crippen LogP contribution in [0.1, 0.15) is 48.6 Å². The smallest absolute Gasteiger partial charge is 0.0470 e. The Labute approximate surface area is 121 Å². The quantitative estimate of drug-likeness (QED) is 0.875. The van der Waals surface area contributed by atoms with E-state index < -0.39 is 0 Å². The average Bonchev–Trinajstić information content (AvgIpc) is 3.07. The summed E-state index contributed by atoms with van der Waals surface area (Å²) >= 11 is 0. The molecule has 1 N–H and O–H groups in total. The standard InChI is InChI=1S/C18H24N2/c1-3-19-14(2)18-9-10-20(13-18)12-15-7-8-16-5-4-6-17(16)11-15/h7-11,13-14,19H,3-6,12H2,1-2H3. The van der Waals surface area contributed by atoms with Gasteiger partial charge in [-0.25, -0.2) is 0 Å². The van der Waals surface area contributed by atoms with Gasteiger partial charge < -0.3 is 9.88 Å². The fourth-order valence-corrected chi connectivity index (χ4v) is 3.17. The van der Waals surface area contributed by atoms with Gasteiger partial charge in [0.05, 0.1) is 0 Å². The molecule has 20 heavy (non-hydrogen) atoms. The maximum Gasteiger partial charge on any atom is 0.0470 e. The van der Waals surface area contributed by atoms with Crippen LogP contribution in [0.2, 0.25) is 0 Å². The SMILES string of the molecule is CCNC(C)c1ccn(Cc2ccc3c(c2)CCC3)c1. The summed E-state index contributed by atoms with van der Waals surface area (Å²) in [5.41, 5.74) is 5.91. The van der Waals surface area contributed by atoms with E-state index >= 15 is 0 Å². The number of fused-ring (bicyclic) bond motifs is 1. The zero-order valence-electron chi connectivity index (χ0n) is 12.5. The largest absolute Gasteiger partial charge is 0.350 e. The lowest BCUT2D eigenvalue weighted by Gasteiger charge is -2.10. The van der Waals surface area contributed by atoms with Gasteiger partial charge in [-0.1, -0.05) is 25.1 Å². The predicted octanol–water partition coefficient (Wildman–Crippen LogP) is 3.70. The van der Waals surface area contributed by atoms with E-state index in [4.69, 9.17) is 0 Å². The molecule has 1 aliphatic rings. The molecule has 1 heterocycles.